The summed E-state index contributed by atoms with van der Waals surface area (Å²) in [5.74, 6) is -0.797. The van der Waals surface area contributed by atoms with Gasteiger partial charge < -0.3 is 20.1 Å². The largest absolute Gasteiger partial charge is 0.497 e. The first kappa shape index (κ1) is 19.1. The topological polar surface area (TPSA) is 72.5 Å². The van der Waals surface area contributed by atoms with Crippen molar-refractivity contribution in [2.75, 3.05) is 24.9 Å². The molecule has 2 aromatic carbocycles. The number of anilines is 3. The third-order valence-corrected chi connectivity index (χ3v) is 3.87. The summed E-state index contributed by atoms with van der Waals surface area (Å²) < 4.78 is 36.7. The molecule has 144 valence electrons. The Balaban J connectivity index is 1.71. The molecule has 1 heterocycles. The molecule has 0 bridgehead atoms. The molecule has 0 atom stereocenters. The predicted molar refractivity (Wildman–Crippen MR) is 101 cm³/mol. The van der Waals surface area contributed by atoms with Crippen molar-refractivity contribution in [1.29, 1.82) is 0 Å². The summed E-state index contributed by atoms with van der Waals surface area (Å²) in [6, 6.07) is 11.6. The molecule has 0 aliphatic heterocycles. The van der Waals surface area contributed by atoms with Crippen LogP contribution in [0.3, 0.4) is 0 Å². The molecule has 1 amide bonds. The average Bonchev–Trinajstić information content (AvgIpc) is 2.71. The Morgan fingerprint density at radius 1 is 0.964 bits per heavy atom. The molecule has 0 unspecified atom stereocenters. The number of carbonyl (C=O) groups excluding carboxylic acids is 1. The molecule has 0 fully saturated rings. The zero-order valence-corrected chi connectivity index (χ0v) is 15.1. The minimum absolute atomic E-state index is 0.147. The Bertz CT molecular complexity index is 994. The smallest absolute Gasteiger partial charge is 0.257 e. The van der Waals surface area contributed by atoms with E-state index in [0.717, 1.165) is 12.1 Å². The number of hydrogen-bond acceptors (Lipinski definition) is 5. The van der Waals surface area contributed by atoms with Crippen LogP contribution in [0.15, 0.2) is 54.7 Å². The third kappa shape index (κ3) is 4.35. The first-order chi connectivity index (χ1) is 13.5. The summed E-state index contributed by atoms with van der Waals surface area (Å²) in [5, 5.41) is 5.58. The Labute approximate surface area is 160 Å². The van der Waals surface area contributed by atoms with Crippen LogP contribution in [0.4, 0.5) is 26.0 Å². The van der Waals surface area contributed by atoms with E-state index in [1.165, 1.54) is 12.3 Å². The molecule has 28 heavy (non-hydrogen) atoms. The van der Waals surface area contributed by atoms with Crippen LogP contribution in [-0.2, 0) is 0 Å². The molecule has 3 rings (SSSR count). The van der Waals surface area contributed by atoms with Crippen molar-refractivity contribution < 1.29 is 23.0 Å². The van der Waals surface area contributed by atoms with E-state index in [1.54, 1.807) is 44.6 Å². The Hall–Kier alpha value is -3.68. The van der Waals surface area contributed by atoms with Gasteiger partial charge in [0.2, 0.25) is 0 Å². The van der Waals surface area contributed by atoms with E-state index >= 15 is 0 Å². The van der Waals surface area contributed by atoms with Crippen LogP contribution in [0.2, 0.25) is 0 Å². The molecule has 0 radical (unpaired) electrons. The predicted octanol–water partition coefficient (Wildman–Crippen LogP) is 4.37. The van der Waals surface area contributed by atoms with Gasteiger partial charge in [-0.25, -0.2) is 13.8 Å². The van der Waals surface area contributed by atoms with Gasteiger partial charge >= 0.3 is 0 Å². The summed E-state index contributed by atoms with van der Waals surface area (Å²) in [7, 11) is 3.10. The van der Waals surface area contributed by atoms with Crippen molar-refractivity contribution in [2.45, 2.75) is 0 Å². The van der Waals surface area contributed by atoms with Crippen molar-refractivity contribution in [3.05, 3.63) is 71.9 Å². The average molecular weight is 385 g/mol. The highest BCUT2D eigenvalue weighted by atomic mass is 19.2. The minimum atomic E-state index is -1.04. The number of pyridine rings is 1. The van der Waals surface area contributed by atoms with Crippen molar-refractivity contribution in [3.8, 4) is 11.5 Å². The lowest BCUT2D eigenvalue weighted by atomic mass is 10.2. The maximum atomic E-state index is 13.2. The lowest BCUT2D eigenvalue weighted by molar-refractivity contribution is 0.102. The maximum absolute atomic E-state index is 13.2. The van der Waals surface area contributed by atoms with Gasteiger partial charge in [-0.2, -0.15) is 0 Å². The van der Waals surface area contributed by atoms with E-state index in [1.807, 2.05) is 0 Å². The SMILES string of the molecule is COc1ccc(Nc2ccc(C(=O)Nc3ccc(F)c(F)c3)cn2)c(OC)c1. The van der Waals surface area contributed by atoms with E-state index in [4.69, 9.17) is 9.47 Å². The lowest BCUT2D eigenvalue weighted by Crippen LogP contribution is -2.12. The van der Waals surface area contributed by atoms with Gasteiger partial charge in [0.1, 0.15) is 17.3 Å². The lowest BCUT2D eigenvalue weighted by Gasteiger charge is -2.12. The number of nitrogens with zero attached hydrogens (tertiary/aromatic N) is 1. The number of carbonyl (C=O) groups is 1. The molecule has 3 aromatic rings. The van der Waals surface area contributed by atoms with Crippen molar-refractivity contribution in [2.24, 2.45) is 0 Å². The van der Waals surface area contributed by atoms with Crippen LogP contribution in [0.5, 0.6) is 11.5 Å². The van der Waals surface area contributed by atoms with Gasteiger partial charge in [-0.05, 0) is 36.4 Å². The second-order valence-electron chi connectivity index (χ2n) is 5.71. The summed E-state index contributed by atoms with van der Waals surface area (Å²) in [6.45, 7) is 0. The molecule has 0 spiro atoms. The number of hydrogen-bond donors (Lipinski definition) is 2. The van der Waals surface area contributed by atoms with Crippen LogP contribution in [0.25, 0.3) is 0 Å². The highest BCUT2D eigenvalue weighted by molar-refractivity contribution is 6.04. The van der Waals surface area contributed by atoms with Gasteiger partial charge in [0.25, 0.3) is 5.91 Å². The number of benzene rings is 2. The quantitative estimate of drug-likeness (QED) is 0.659. The van der Waals surface area contributed by atoms with Crippen LogP contribution < -0.4 is 20.1 Å². The van der Waals surface area contributed by atoms with E-state index in [0.29, 0.717) is 23.0 Å². The highest BCUT2D eigenvalue weighted by Crippen LogP contribution is 2.31. The third-order valence-electron chi connectivity index (χ3n) is 3.87. The second kappa shape index (κ2) is 8.34. The molecule has 0 aliphatic carbocycles. The molecule has 0 saturated carbocycles. The van der Waals surface area contributed by atoms with Gasteiger partial charge in [0, 0.05) is 24.0 Å². The Morgan fingerprint density at radius 3 is 2.43 bits per heavy atom. The second-order valence-corrected chi connectivity index (χ2v) is 5.71. The summed E-state index contributed by atoms with van der Waals surface area (Å²) in [5.41, 5.74) is 1.08. The van der Waals surface area contributed by atoms with Crippen LogP contribution in [-0.4, -0.2) is 25.1 Å². The highest BCUT2D eigenvalue weighted by Gasteiger charge is 2.10. The van der Waals surface area contributed by atoms with Gasteiger partial charge in [0.15, 0.2) is 11.6 Å². The van der Waals surface area contributed by atoms with Crippen LogP contribution in [0, 0.1) is 11.6 Å². The molecular formula is C20H17F2N3O3. The number of ether oxygens (including phenoxy) is 2. The number of methoxy groups -OCH3 is 2. The number of halogens is 2. The number of nitrogens with one attached hydrogen (secondary N) is 2. The molecule has 0 saturated heterocycles. The summed E-state index contributed by atoms with van der Waals surface area (Å²) >= 11 is 0. The van der Waals surface area contributed by atoms with Crippen LogP contribution in [0.1, 0.15) is 10.4 Å². The van der Waals surface area contributed by atoms with Gasteiger partial charge in [0.05, 0.1) is 25.5 Å². The van der Waals surface area contributed by atoms with E-state index < -0.39 is 17.5 Å². The number of aromatic nitrogens is 1. The van der Waals surface area contributed by atoms with Gasteiger partial charge in [-0.1, -0.05) is 0 Å². The number of amides is 1. The number of rotatable bonds is 6. The first-order valence-corrected chi connectivity index (χ1v) is 8.21. The molecule has 0 aliphatic rings. The van der Waals surface area contributed by atoms with Crippen molar-refractivity contribution in [1.82, 2.24) is 4.98 Å². The molecular weight excluding hydrogens is 368 g/mol. The monoisotopic (exact) mass is 385 g/mol. The van der Waals surface area contributed by atoms with E-state index in [9.17, 15) is 13.6 Å². The summed E-state index contributed by atoms with van der Waals surface area (Å²) in [4.78, 5) is 16.4. The van der Waals surface area contributed by atoms with Gasteiger partial charge in [-0.3, -0.25) is 4.79 Å². The normalized spacial score (nSPS) is 10.3. The minimum Gasteiger partial charge on any atom is -0.497 e. The zero-order chi connectivity index (χ0) is 20.1. The fourth-order valence-corrected chi connectivity index (χ4v) is 2.42. The molecule has 8 heteroatoms. The van der Waals surface area contributed by atoms with Crippen molar-refractivity contribution >= 4 is 23.1 Å². The molecule has 1 aromatic heterocycles. The van der Waals surface area contributed by atoms with Crippen LogP contribution >= 0.6 is 0 Å². The van der Waals surface area contributed by atoms with Crippen molar-refractivity contribution in [3.63, 3.8) is 0 Å². The fraction of sp³-hybridized carbons (Fsp3) is 0.100. The van der Waals surface area contributed by atoms with Gasteiger partial charge in [-0.15, -0.1) is 0 Å². The Morgan fingerprint density at radius 2 is 1.79 bits per heavy atom. The first-order valence-electron chi connectivity index (χ1n) is 8.21. The van der Waals surface area contributed by atoms with E-state index in [-0.39, 0.29) is 11.3 Å². The fourth-order valence-electron chi connectivity index (χ4n) is 2.42. The zero-order valence-electron chi connectivity index (χ0n) is 15.1. The maximum Gasteiger partial charge on any atom is 0.257 e. The standard InChI is InChI=1S/C20H17F2N3O3/c1-27-14-5-7-17(18(10-14)28-2)25-19-8-3-12(11-23-19)20(26)24-13-4-6-15(21)16(22)9-13/h3-11H,1-2H3,(H,23,25)(H,24,26). The molecule has 6 nitrogen and oxygen atoms in total. The van der Waals surface area contributed by atoms with E-state index in [2.05, 4.69) is 15.6 Å². The summed E-state index contributed by atoms with van der Waals surface area (Å²) in [6.07, 6.45) is 1.37. The molecule has 2 N–H and O–H groups in total. The Kier molecular flexibility index (Phi) is 5.69.